The van der Waals surface area contributed by atoms with Crippen molar-refractivity contribution >= 4 is 5.82 Å². The lowest BCUT2D eigenvalue weighted by atomic mass is 10.1. The molecule has 0 radical (unpaired) electrons. The summed E-state index contributed by atoms with van der Waals surface area (Å²) in [5.74, 6) is 0.744. The standard InChI is InChI=1S/C14H21N5/c1-10-9-18(4)6-5-7-19(10)14-13(8-15)11(2)12(3)16-17-14/h10H,5-7,9H2,1-4H3. The minimum Gasteiger partial charge on any atom is -0.350 e. The summed E-state index contributed by atoms with van der Waals surface area (Å²) < 4.78 is 0. The van der Waals surface area contributed by atoms with Gasteiger partial charge in [0.15, 0.2) is 5.82 Å². The van der Waals surface area contributed by atoms with Gasteiger partial charge in [0.25, 0.3) is 0 Å². The van der Waals surface area contributed by atoms with Crippen molar-refractivity contribution in [1.29, 1.82) is 5.26 Å². The Hall–Kier alpha value is -1.67. The number of likely N-dealkylation sites (N-methyl/N-ethyl adjacent to an activating group) is 1. The molecule has 0 N–H and O–H groups in total. The molecular formula is C14H21N5. The summed E-state index contributed by atoms with van der Waals surface area (Å²) in [5, 5.41) is 17.9. The van der Waals surface area contributed by atoms with Gasteiger partial charge in [0, 0.05) is 19.1 Å². The summed E-state index contributed by atoms with van der Waals surface area (Å²) >= 11 is 0. The molecule has 1 saturated heterocycles. The minimum atomic E-state index is 0.344. The van der Waals surface area contributed by atoms with Crippen LogP contribution in [0.3, 0.4) is 0 Å². The number of aromatic nitrogens is 2. The average Bonchev–Trinajstić information content (AvgIpc) is 2.53. The van der Waals surface area contributed by atoms with E-state index in [0.29, 0.717) is 11.6 Å². The zero-order valence-corrected chi connectivity index (χ0v) is 12.1. The number of nitriles is 1. The first-order chi connectivity index (χ1) is 9.04. The normalized spacial score (nSPS) is 21.0. The molecule has 0 aliphatic carbocycles. The van der Waals surface area contributed by atoms with Crippen LogP contribution in [0.2, 0.25) is 0 Å². The van der Waals surface area contributed by atoms with Crippen LogP contribution in [0.1, 0.15) is 30.2 Å². The van der Waals surface area contributed by atoms with Gasteiger partial charge in [-0.3, -0.25) is 0 Å². The maximum atomic E-state index is 9.41. The van der Waals surface area contributed by atoms with Gasteiger partial charge in [0.05, 0.1) is 5.69 Å². The van der Waals surface area contributed by atoms with E-state index < -0.39 is 0 Å². The number of hydrogen-bond donors (Lipinski definition) is 0. The second-order valence-corrected chi connectivity index (χ2v) is 5.38. The molecule has 0 bridgehead atoms. The van der Waals surface area contributed by atoms with Gasteiger partial charge in [-0.15, -0.1) is 5.10 Å². The number of anilines is 1. The molecule has 0 saturated carbocycles. The maximum absolute atomic E-state index is 9.41. The molecule has 19 heavy (non-hydrogen) atoms. The van der Waals surface area contributed by atoms with Crippen LogP contribution >= 0.6 is 0 Å². The van der Waals surface area contributed by atoms with Crippen molar-refractivity contribution in [3.8, 4) is 6.07 Å². The first-order valence-electron chi connectivity index (χ1n) is 6.73. The molecule has 0 spiro atoms. The van der Waals surface area contributed by atoms with Gasteiger partial charge in [0.1, 0.15) is 11.6 Å². The quantitative estimate of drug-likeness (QED) is 0.765. The average molecular weight is 259 g/mol. The van der Waals surface area contributed by atoms with E-state index in [0.717, 1.165) is 43.1 Å². The Morgan fingerprint density at radius 3 is 2.68 bits per heavy atom. The highest BCUT2D eigenvalue weighted by Gasteiger charge is 2.24. The van der Waals surface area contributed by atoms with Crippen molar-refractivity contribution in [1.82, 2.24) is 15.1 Å². The lowest BCUT2D eigenvalue weighted by Crippen LogP contribution is -2.39. The molecule has 1 aliphatic heterocycles. The first kappa shape index (κ1) is 13.8. The molecule has 102 valence electrons. The lowest BCUT2D eigenvalue weighted by Gasteiger charge is -2.29. The van der Waals surface area contributed by atoms with Gasteiger partial charge in [0.2, 0.25) is 0 Å². The maximum Gasteiger partial charge on any atom is 0.169 e. The molecule has 1 unspecified atom stereocenters. The Labute approximate surface area is 114 Å². The second kappa shape index (κ2) is 5.54. The van der Waals surface area contributed by atoms with Crippen molar-refractivity contribution in [3.05, 3.63) is 16.8 Å². The highest BCUT2D eigenvalue weighted by Crippen LogP contribution is 2.24. The second-order valence-electron chi connectivity index (χ2n) is 5.38. The van der Waals surface area contributed by atoms with Gasteiger partial charge < -0.3 is 9.80 Å². The molecule has 2 rings (SSSR count). The third-order valence-corrected chi connectivity index (χ3v) is 3.87. The number of rotatable bonds is 1. The third-order valence-electron chi connectivity index (χ3n) is 3.87. The predicted octanol–water partition coefficient (Wildman–Crippen LogP) is 1.50. The number of aryl methyl sites for hydroxylation is 1. The molecule has 5 nitrogen and oxygen atoms in total. The molecule has 5 heteroatoms. The summed E-state index contributed by atoms with van der Waals surface area (Å²) in [5.41, 5.74) is 2.45. The van der Waals surface area contributed by atoms with E-state index in [4.69, 9.17) is 0 Å². The highest BCUT2D eigenvalue weighted by molar-refractivity contribution is 5.58. The zero-order valence-electron chi connectivity index (χ0n) is 12.1. The number of nitrogens with zero attached hydrogens (tertiary/aromatic N) is 5. The van der Waals surface area contributed by atoms with E-state index in [1.54, 1.807) is 0 Å². The smallest absolute Gasteiger partial charge is 0.169 e. The van der Waals surface area contributed by atoms with E-state index in [1.165, 1.54) is 0 Å². The van der Waals surface area contributed by atoms with Gasteiger partial charge in [-0.25, -0.2) is 0 Å². The van der Waals surface area contributed by atoms with Gasteiger partial charge in [-0.05, 0) is 46.3 Å². The highest BCUT2D eigenvalue weighted by atomic mass is 15.3. The third kappa shape index (κ3) is 2.69. The fraction of sp³-hybridized carbons (Fsp3) is 0.643. The fourth-order valence-corrected chi connectivity index (χ4v) is 2.62. The van der Waals surface area contributed by atoms with E-state index in [9.17, 15) is 5.26 Å². The topological polar surface area (TPSA) is 56.1 Å². The summed E-state index contributed by atoms with van der Waals surface area (Å²) in [6, 6.07) is 2.64. The fourth-order valence-electron chi connectivity index (χ4n) is 2.62. The van der Waals surface area contributed by atoms with Crippen LogP contribution in [0, 0.1) is 25.2 Å². The molecule has 1 fully saturated rings. The Bertz CT molecular complexity index is 505. The van der Waals surface area contributed by atoms with Gasteiger partial charge >= 0.3 is 0 Å². The van der Waals surface area contributed by atoms with Crippen LogP contribution in [0.4, 0.5) is 5.82 Å². The first-order valence-corrected chi connectivity index (χ1v) is 6.73. The molecular weight excluding hydrogens is 238 g/mol. The van der Waals surface area contributed by atoms with Crippen molar-refractivity contribution in [2.45, 2.75) is 33.2 Å². The summed E-state index contributed by atoms with van der Waals surface area (Å²) in [6.07, 6.45) is 1.08. The summed E-state index contributed by atoms with van der Waals surface area (Å²) in [7, 11) is 2.14. The molecule has 1 aromatic rings. The largest absolute Gasteiger partial charge is 0.350 e. The SMILES string of the molecule is Cc1nnc(N2CCCN(C)CC2C)c(C#N)c1C. The van der Waals surface area contributed by atoms with Crippen LogP contribution in [-0.2, 0) is 0 Å². The van der Waals surface area contributed by atoms with E-state index in [1.807, 2.05) is 13.8 Å². The van der Waals surface area contributed by atoms with Crippen molar-refractivity contribution in [2.24, 2.45) is 0 Å². The van der Waals surface area contributed by atoms with E-state index in [-0.39, 0.29) is 0 Å². The van der Waals surface area contributed by atoms with Crippen molar-refractivity contribution in [3.63, 3.8) is 0 Å². The minimum absolute atomic E-state index is 0.344. The van der Waals surface area contributed by atoms with E-state index >= 15 is 0 Å². The zero-order chi connectivity index (χ0) is 14.0. The number of hydrogen-bond acceptors (Lipinski definition) is 5. The molecule has 0 aromatic carbocycles. The Morgan fingerprint density at radius 2 is 2.00 bits per heavy atom. The Balaban J connectivity index is 2.41. The van der Waals surface area contributed by atoms with Gasteiger partial charge in [-0.1, -0.05) is 0 Å². The summed E-state index contributed by atoms with van der Waals surface area (Å²) in [4.78, 5) is 4.55. The molecule has 2 heterocycles. The molecule has 0 amide bonds. The van der Waals surface area contributed by atoms with Crippen LogP contribution in [0.5, 0.6) is 0 Å². The van der Waals surface area contributed by atoms with Crippen molar-refractivity contribution < 1.29 is 0 Å². The molecule has 1 aliphatic rings. The monoisotopic (exact) mass is 259 g/mol. The van der Waals surface area contributed by atoms with Crippen LogP contribution in [-0.4, -0.2) is 47.8 Å². The molecule has 1 aromatic heterocycles. The Kier molecular flexibility index (Phi) is 4.01. The van der Waals surface area contributed by atoms with Crippen molar-refractivity contribution in [2.75, 3.05) is 31.6 Å². The van der Waals surface area contributed by atoms with Gasteiger partial charge in [-0.2, -0.15) is 10.4 Å². The van der Waals surface area contributed by atoms with E-state index in [2.05, 4.69) is 40.0 Å². The Morgan fingerprint density at radius 1 is 1.26 bits per heavy atom. The lowest BCUT2D eigenvalue weighted by molar-refractivity contribution is 0.337. The summed E-state index contributed by atoms with van der Waals surface area (Å²) in [6.45, 7) is 9.02. The predicted molar refractivity (Wildman–Crippen MR) is 75.1 cm³/mol. The van der Waals surface area contributed by atoms with Crippen LogP contribution < -0.4 is 4.90 Å². The molecule has 1 atom stereocenters. The van der Waals surface area contributed by atoms with Crippen LogP contribution in [0.25, 0.3) is 0 Å². The van der Waals surface area contributed by atoms with Crippen LogP contribution in [0.15, 0.2) is 0 Å².